The molecule has 1 saturated carbocycles. The van der Waals surface area contributed by atoms with Gasteiger partial charge in [0.25, 0.3) is 0 Å². The highest BCUT2D eigenvalue weighted by Gasteiger charge is 2.69. The lowest BCUT2D eigenvalue weighted by molar-refractivity contribution is -0.571. The normalized spacial score (nSPS) is 45.2. The maximum Gasteiger partial charge on any atom is 0.201 e. The Labute approximate surface area is 177 Å². The maximum atomic E-state index is 6.78. The van der Waals surface area contributed by atoms with E-state index in [1.165, 1.54) is 12.1 Å². The van der Waals surface area contributed by atoms with Crippen LogP contribution in [0.4, 0.5) is 0 Å². The van der Waals surface area contributed by atoms with Crippen LogP contribution in [0.25, 0.3) is 0 Å². The highest BCUT2D eigenvalue weighted by Crippen LogP contribution is 2.62. The minimum Gasteiger partial charge on any atom is -0.467 e. The Balaban J connectivity index is 1.38. The Morgan fingerprint density at radius 3 is 2.80 bits per heavy atom. The summed E-state index contributed by atoms with van der Waals surface area (Å²) in [4.78, 5) is 12.2. The predicted octanol–water partition coefficient (Wildman–Crippen LogP) is 5.05. The van der Waals surface area contributed by atoms with Crippen molar-refractivity contribution in [3.8, 4) is 0 Å². The van der Waals surface area contributed by atoms with Crippen LogP contribution >= 0.6 is 0 Å². The third-order valence-electron chi connectivity index (χ3n) is 8.22. The Hall–Kier alpha value is -1.60. The molecule has 5 fully saturated rings. The zero-order chi connectivity index (χ0) is 20.5. The fourth-order valence-electron chi connectivity index (χ4n) is 6.64. The lowest BCUT2D eigenvalue weighted by Crippen LogP contribution is -2.69. The summed E-state index contributed by atoms with van der Waals surface area (Å²) < 4.78 is 21.1. The second-order valence-corrected chi connectivity index (χ2v) is 9.97. The largest absolute Gasteiger partial charge is 0.467 e. The average molecular weight is 414 g/mol. The van der Waals surface area contributed by atoms with Crippen molar-refractivity contribution < 1.29 is 23.7 Å². The molecular formula is C24H31NO5. The van der Waals surface area contributed by atoms with Crippen molar-refractivity contribution in [3.05, 3.63) is 48.2 Å². The Bertz CT molecular complexity index is 909. The van der Waals surface area contributed by atoms with Crippen molar-refractivity contribution >= 4 is 0 Å². The van der Waals surface area contributed by atoms with E-state index in [1.54, 1.807) is 6.26 Å². The van der Waals surface area contributed by atoms with E-state index in [9.17, 15) is 0 Å². The topological polar surface area (TPSA) is 55.0 Å². The summed E-state index contributed by atoms with van der Waals surface area (Å²) in [7, 11) is 0. The van der Waals surface area contributed by atoms with Gasteiger partial charge in [0.05, 0.1) is 12.8 Å². The minimum atomic E-state index is -0.737. The number of fused-ring (bicyclic) bond motifs is 2. The molecule has 1 aliphatic carbocycles. The summed E-state index contributed by atoms with van der Waals surface area (Å²) in [6, 6.07) is 8.19. The van der Waals surface area contributed by atoms with Gasteiger partial charge in [0.1, 0.15) is 11.9 Å². The molecule has 30 heavy (non-hydrogen) atoms. The van der Waals surface area contributed by atoms with E-state index in [0.29, 0.717) is 24.3 Å². The average Bonchev–Trinajstić information content (AvgIpc) is 3.35. The molecule has 7 rings (SSSR count). The molecule has 6 heterocycles. The van der Waals surface area contributed by atoms with Crippen molar-refractivity contribution in [3.63, 3.8) is 0 Å². The van der Waals surface area contributed by atoms with Crippen LogP contribution in [0.2, 0.25) is 0 Å². The van der Waals surface area contributed by atoms with Crippen molar-refractivity contribution in [2.75, 3.05) is 0 Å². The van der Waals surface area contributed by atoms with Gasteiger partial charge in [0.2, 0.25) is 5.79 Å². The van der Waals surface area contributed by atoms with Gasteiger partial charge in [-0.15, -0.1) is 0 Å². The first-order chi connectivity index (χ1) is 14.5. The van der Waals surface area contributed by atoms with Crippen LogP contribution in [0, 0.1) is 23.7 Å². The monoisotopic (exact) mass is 413 g/mol. The maximum absolute atomic E-state index is 6.78. The van der Waals surface area contributed by atoms with Crippen LogP contribution in [-0.2, 0) is 25.8 Å². The van der Waals surface area contributed by atoms with Crippen LogP contribution in [0.5, 0.6) is 0 Å². The molecule has 2 aromatic rings. The molecule has 0 N–H and O–H groups in total. The first-order valence-electron chi connectivity index (χ1n) is 11.4. The molecule has 6 heteroatoms. The van der Waals surface area contributed by atoms with Gasteiger partial charge < -0.3 is 18.5 Å². The summed E-state index contributed by atoms with van der Waals surface area (Å²) in [5.74, 6) is 1.79. The summed E-state index contributed by atoms with van der Waals surface area (Å²) in [6.45, 7) is 7.33. The molecule has 4 aliphatic heterocycles. The van der Waals surface area contributed by atoms with E-state index in [0.717, 1.165) is 25.0 Å². The third-order valence-corrected chi connectivity index (χ3v) is 8.22. The van der Waals surface area contributed by atoms with Crippen LogP contribution in [0.15, 0.2) is 41.1 Å². The number of aromatic nitrogens is 1. The molecule has 2 bridgehead atoms. The summed E-state index contributed by atoms with van der Waals surface area (Å²) in [5.41, 5.74) is 0.654. The predicted molar refractivity (Wildman–Crippen MR) is 108 cm³/mol. The lowest BCUT2D eigenvalue weighted by Gasteiger charge is -2.60. The summed E-state index contributed by atoms with van der Waals surface area (Å²) >= 11 is 0. The van der Waals surface area contributed by atoms with Gasteiger partial charge in [-0.05, 0) is 68.2 Å². The molecule has 0 unspecified atom stereocenters. The fourth-order valence-corrected chi connectivity index (χ4v) is 6.64. The van der Waals surface area contributed by atoms with E-state index in [1.807, 2.05) is 19.1 Å². The number of furan rings is 1. The summed E-state index contributed by atoms with van der Waals surface area (Å²) in [6.07, 6.45) is 7.57. The number of ether oxygens (including phenoxy) is 2. The molecule has 1 spiro atoms. The number of hydrogen-bond acceptors (Lipinski definition) is 5. The van der Waals surface area contributed by atoms with Crippen molar-refractivity contribution in [1.29, 1.82) is 0 Å². The van der Waals surface area contributed by atoms with E-state index < -0.39 is 17.7 Å². The van der Waals surface area contributed by atoms with Gasteiger partial charge in [0, 0.05) is 24.2 Å². The Morgan fingerprint density at radius 1 is 1.07 bits per heavy atom. The zero-order valence-electron chi connectivity index (χ0n) is 18.0. The van der Waals surface area contributed by atoms with Gasteiger partial charge in [-0.2, -0.15) is 0 Å². The smallest absolute Gasteiger partial charge is 0.201 e. The standard InChI is InChI=1S/C24H31NO5/c1-15-8-9-19-16(2)21(20-7-4-12-25(20)14-17-6-5-13-26-17)27-22-24(19)18(15)10-11-23(3,28-22)29-30-24/h4-7,12-13,15-16,18-19,21-22H,8-11,14H2,1-3H3/t15-,16-,18+,19+,21-,22-,23-,24-/m1/s1. The Kier molecular flexibility index (Phi) is 4.27. The van der Waals surface area contributed by atoms with E-state index in [4.69, 9.17) is 23.7 Å². The van der Waals surface area contributed by atoms with Crippen LogP contribution in [-0.4, -0.2) is 22.2 Å². The zero-order valence-corrected chi connectivity index (χ0v) is 18.0. The van der Waals surface area contributed by atoms with Gasteiger partial charge in [-0.1, -0.05) is 13.8 Å². The highest BCUT2D eigenvalue weighted by molar-refractivity contribution is 5.18. The second kappa shape index (κ2) is 6.70. The molecule has 0 radical (unpaired) electrons. The van der Waals surface area contributed by atoms with Crippen molar-refractivity contribution in [1.82, 2.24) is 4.57 Å². The second-order valence-electron chi connectivity index (χ2n) is 9.97. The van der Waals surface area contributed by atoms with Crippen LogP contribution < -0.4 is 0 Å². The van der Waals surface area contributed by atoms with Crippen molar-refractivity contribution in [2.24, 2.45) is 23.7 Å². The number of rotatable bonds is 3. The number of hydrogen-bond donors (Lipinski definition) is 0. The molecule has 0 amide bonds. The van der Waals surface area contributed by atoms with Gasteiger partial charge in [-0.25, -0.2) is 9.78 Å². The quantitative estimate of drug-likeness (QED) is 0.659. The molecule has 6 nitrogen and oxygen atoms in total. The van der Waals surface area contributed by atoms with Gasteiger partial charge in [-0.3, -0.25) is 0 Å². The molecule has 5 aliphatic rings. The van der Waals surface area contributed by atoms with E-state index >= 15 is 0 Å². The van der Waals surface area contributed by atoms with E-state index in [-0.39, 0.29) is 12.0 Å². The molecule has 162 valence electrons. The molecule has 4 saturated heterocycles. The molecule has 0 aromatic carbocycles. The molecular weight excluding hydrogens is 382 g/mol. The first kappa shape index (κ1) is 19.1. The lowest BCUT2D eigenvalue weighted by atomic mass is 9.57. The number of nitrogens with zero attached hydrogens (tertiary/aromatic N) is 1. The minimum absolute atomic E-state index is 0.0591. The third kappa shape index (κ3) is 2.63. The Morgan fingerprint density at radius 2 is 1.97 bits per heavy atom. The SMILES string of the molecule is C[C@H]1[C@H](c2cccn2Cc2ccco2)O[C@@H]2O[C@@]3(C)CC[C@H]4[C@H](C)CC[C@@H]1[C@@]24OO3. The molecule has 8 atom stereocenters. The fraction of sp³-hybridized carbons (Fsp3) is 0.667. The summed E-state index contributed by atoms with van der Waals surface area (Å²) in [5, 5.41) is 0. The van der Waals surface area contributed by atoms with E-state index in [2.05, 4.69) is 36.7 Å². The molecule has 2 aromatic heterocycles. The van der Waals surface area contributed by atoms with Crippen molar-refractivity contribution in [2.45, 2.75) is 76.8 Å². The van der Waals surface area contributed by atoms with Crippen LogP contribution in [0.1, 0.15) is 64.0 Å². The van der Waals surface area contributed by atoms with Gasteiger partial charge >= 0.3 is 0 Å². The first-order valence-corrected chi connectivity index (χ1v) is 11.4. The van der Waals surface area contributed by atoms with Gasteiger partial charge in [0.15, 0.2) is 11.9 Å². The highest BCUT2D eigenvalue weighted by atomic mass is 17.3. The van der Waals surface area contributed by atoms with Crippen LogP contribution in [0.3, 0.4) is 0 Å².